The maximum Gasteiger partial charge on any atom is 0.245 e. The number of halogens is 1. The number of pyridine rings is 1. The second kappa shape index (κ2) is 12.1. The van der Waals surface area contributed by atoms with Gasteiger partial charge in [0.1, 0.15) is 0 Å². The Morgan fingerprint density at radius 2 is 1.97 bits per heavy atom. The number of hydrogen-bond acceptors (Lipinski definition) is 9. The van der Waals surface area contributed by atoms with Crippen LogP contribution in [0, 0.1) is 12.7 Å². The van der Waals surface area contributed by atoms with Crippen LogP contribution in [-0.4, -0.2) is 60.6 Å². The van der Waals surface area contributed by atoms with Gasteiger partial charge in [0.15, 0.2) is 11.6 Å². The van der Waals surface area contributed by atoms with E-state index in [4.69, 9.17) is 4.74 Å². The van der Waals surface area contributed by atoms with Crippen LogP contribution in [0.5, 0.6) is 0 Å². The summed E-state index contributed by atoms with van der Waals surface area (Å²) in [5, 5.41) is 11.2. The van der Waals surface area contributed by atoms with Gasteiger partial charge in [0.2, 0.25) is 5.95 Å². The van der Waals surface area contributed by atoms with Crippen molar-refractivity contribution in [1.29, 1.82) is 0 Å². The minimum Gasteiger partial charge on any atom is -0.378 e. The fourth-order valence-electron chi connectivity index (χ4n) is 4.76. The average Bonchev–Trinajstić information content (AvgIpc) is 3.21. The van der Waals surface area contributed by atoms with Gasteiger partial charge in [-0.15, -0.1) is 0 Å². The van der Waals surface area contributed by atoms with Gasteiger partial charge in [0.25, 0.3) is 0 Å². The highest BCUT2D eigenvalue weighted by Gasteiger charge is 2.18. The molecule has 9 nitrogen and oxygen atoms in total. The van der Waals surface area contributed by atoms with Crippen molar-refractivity contribution in [3.8, 4) is 0 Å². The zero-order chi connectivity index (χ0) is 25.5. The number of anilines is 4. The molecule has 0 saturated carbocycles. The van der Waals surface area contributed by atoms with Gasteiger partial charge in [-0.3, -0.25) is 4.98 Å². The SMILES string of the molecule is Cc1cc(Nc2ccc(/C=N/Nc3ncc(F)c(N4CCOCC4)n3)nc2)cc(C2CCCNCC2)c1. The molecule has 2 saturated heterocycles. The van der Waals surface area contributed by atoms with Crippen molar-refractivity contribution in [2.75, 3.05) is 55.0 Å². The number of rotatable bonds is 7. The molecule has 4 heterocycles. The lowest BCUT2D eigenvalue weighted by Crippen LogP contribution is -2.37. The summed E-state index contributed by atoms with van der Waals surface area (Å²) in [6.07, 6.45) is 8.11. The monoisotopic (exact) mass is 504 g/mol. The lowest BCUT2D eigenvalue weighted by molar-refractivity contribution is 0.122. The van der Waals surface area contributed by atoms with Gasteiger partial charge in [-0.1, -0.05) is 6.07 Å². The van der Waals surface area contributed by atoms with E-state index >= 15 is 0 Å². The van der Waals surface area contributed by atoms with Gasteiger partial charge in [0.05, 0.1) is 43.2 Å². The Morgan fingerprint density at radius 3 is 2.81 bits per heavy atom. The third-order valence-electron chi connectivity index (χ3n) is 6.62. The summed E-state index contributed by atoms with van der Waals surface area (Å²) in [6.45, 7) is 6.59. The second-order valence-electron chi connectivity index (χ2n) is 9.44. The van der Waals surface area contributed by atoms with Gasteiger partial charge in [-0.2, -0.15) is 10.1 Å². The fraction of sp³-hybridized carbons (Fsp3) is 0.407. The molecule has 5 rings (SSSR count). The molecule has 3 N–H and O–H groups in total. The fourth-order valence-corrected chi connectivity index (χ4v) is 4.76. The predicted octanol–water partition coefficient (Wildman–Crippen LogP) is 4.20. The van der Waals surface area contributed by atoms with Crippen LogP contribution >= 0.6 is 0 Å². The summed E-state index contributed by atoms with van der Waals surface area (Å²) in [4.78, 5) is 14.6. The molecular weight excluding hydrogens is 471 g/mol. The molecule has 1 aromatic carbocycles. The normalized spacial score (nSPS) is 18.5. The first kappa shape index (κ1) is 25.0. The molecule has 10 heteroatoms. The lowest BCUT2D eigenvalue weighted by Gasteiger charge is -2.27. The maximum absolute atomic E-state index is 14.2. The van der Waals surface area contributed by atoms with Crippen molar-refractivity contribution < 1.29 is 9.13 Å². The molecule has 2 aliphatic rings. The smallest absolute Gasteiger partial charge is 0.245 e. The van der Waals surface area contributed by atoms with Crippen molar-refractivity contribution in [3.05, 3.63) is 65.4 Å². The minimum absolute atomic E-state index is 0.220. The summed E-state index contributed by atoms with van der Waals surface area (Å²) in [6, 6.07) is 10.6. The Morgan fingerprint density at radius 1 is 1.08 bits per heavy atom. The van der Waals surface area contributed by atoms with Crippen molar-refractivity contribution in [3.63, 3.8) is 0 Å². The van der Waals surface area contributed by atoms with Gasteiger partial charge in [-0.05, 0) is 80.6 Å². The third kappa shape index (κ3) is 6.78. The second-order valence-corrected chi connectivity index (χ2v) is 9.44. The van der Waals surface area contributed by atoms with Gasteiger partial charge >= 0.3 is 0 Å². The highest BCUT2D eigenvalue weighted by Crippen LogP contribution is 2.30. The Labute approximate surface area is 216 Å². The van der Waals surface area contributed by atoms with Crippen LogP contribution in [0.25, 0.3) is 0 Å². The summed E-state index contributed by atoms with van der Waals surface area (Å²) in [5.74, 6) is 0.597. The predicted molar refractivity (Wildman–Crippen MR) is 144 cm³/mol. The van der Waals surface area contributed by atoms with E-state index in [1.165, 1.54) is 30.4 Å². The standard InChI is InChI=1S/C27H33FN8O/c1-19-13-21(20-3-2-7-29-8-6-20)15-24(14-19)33-23-5-4-22(30-16-23)17-32-35-27-31-18-25(28)26(34-27)36-9-11-37-12-10-36/h4-5,13-18,20,29,33H,2-3,6-12H2,1H3,(H,31,34,35)/b32-17+. The molecule has 0 amide bonds. The number of nitrogens with one attached hydrogen (secondary N) is 3. The number of hydrazone groups is 1. The zero-order valence-electron chi connectivity index (χ0n) is 21.1. The molecule has 2 fully saturated rings. The van der Waals surface area contributed by atoms with Crippen LogP contribution < -0.4 is 21.0 Å². The first-order valence-corrected chi connectivity index (χ1v) is 12.8. The first-order chi connectivity index (χ1) is 18.1. The Hall–Kier alpha value is -3.63. The summed E-state index contributed by atoms with van der Waals surface area (Å²) in [7, 11) is 0. The van der Waals surface area contributed by atoms with Crippen molar-refractivity contribution in [2.45, 2.75) is 32.1 Å². The molecule has 0 bridgehead atoms. The lowest BCUT2D eigenvalue weighted by atomic mass is 9.90. The van der Waals surface area contributed by atoms with Crippen LogP contribution in [0.4, 0.5) is 27.5 Å². The number of morpholine rings is 1. The molecule has 0 radical (unpaired) electrons. The van der Waals surface area contributed by atoms with E-state index in [1.54, 1.807) is 12.4 Å². The molecule has 0 aliphatic carbocycles. The molecule has 1 unspecified atom stereocenters. The number of aryl methyl sites for hydroxylation is 1. The van der Waals surface area contributed by atoms with Gasteiger partial charge in [0, 0.05) is 18.8 Å². The van der Waals surface area contributed by atoms with Crippen LogP contribution in [0.3, 0.4) is 0 Å². The quantitative estimate of drug-likeness (QED) is 0.325. The first-order valence-electron chi connectivity index (χ1n) is 12.8. The number of aromatic nitrogens is 3. The number of nitrogens with zero attached hydrogens (tertiary/aromatic N) is 5. The van der Waals surface area contributed by atoms with Crippen LogP contribution in [-0.2, 0) is 4.74 Å². The van der Waals surface area contributed by atoms with E-state index in [9.17, 15) is 4.39 Å². The summed E-state index contributed by atoms with van der Waals surface area (Å²) < 4.78 is 19.5. The Bertz CT molecular complexity index is 1210. The van der Waals surface area contributed by atoms with Crippen molar-refractivity contribution >= 4 is 29.4 Å². The van der Waals surface area contributed by atoms with Crippen LogP contribution in [0.15, 0.2) is 47.8 Å². The van der Waals surface area contributed by atoms with Crippen LogP contribution in [0.1, 0.15) is 42.0 Å². The van der Waals surface area contributed by atoms with E-state index in [1.807, 2.05) is 17.0 Å². The number of hydrogen-bond donors (Lipinski definition) is 3. The highest BCUT2D eigenvalue weighted by atomic mass is 19.1. The molecule has 37 heavy (non-hydrogen) atoms. The van der Waals surface area contributed by atoms with Crippen LogP contribution in [0.2, 0.25) is 0 Å². The highest BCUT2D eigenvalue weighted by molar-refractivity contribution is 5.78. The minimum atomic E-state index is -0.465. The topological polar surface area (TPSA) is 99.6 Å². The van der Waals surface area contributed by atoms with E-state index in [0.29, 0.717) is 37.9 Å². The van der Waals surface area contributed by atoms with E-state index in [-0.39, 0.29) is 11.8 Å². The van der Waals surface area contributed by atoms with Gasteiger partial charge in [-0.25, -0.2) is 14.8 Å². The molecule has 1 atom stereocenters. The third-order valence-corrected chi connectivity index (χ3v) is 6.62. The van der Waals surface area contributed by atoms with E-state index in [2.05, 4.69) is 61.2 Å². The van der Waals surface area contributed by atoms with Crippen molar-refractivity contribution in [1.82, 2.24) is 20.3 Å². The van der Waals surface area contributed by atoms with Gasteiger partial charge < -0.3 is 20.3 Å². The number of benzene rings is 1. The molecule has 194 valence electrons. The molecule has 2 aliphatic heterocycles. The largest absolute Gasteiger partial charge is 0.378 e. The van der Waals surface area contributed by atoms with E-state index in [0.717, 1.165) is 30.7 Å². The van der Waals surface area contributed by atoms with E-state index < -0.39 is 5.82 Å². The maximum atomic E-state index is 14.2. The summed E-state index contributed by atoms with van der Waals surface area (Å²) >= 11 is 0. The molecule has 0 spiro atoms. The molecule has 3 aromatic rings. The molecule has 2 aromatic heterocycles. The Balaban J connectivity index is 1.20. The Kier molecular flexibility index (Phi) is 8.17. The zero-order valence-corrected chi connectivity index (χ0v) is 21.1. The average molecular weight is 505 g/mol. The van der Waals surface area contributed by atoms with Crippen molar-refractivity contribution in [2.24, 2.45) is 5.10 Å². The molecular formula is C27H33FN8O. The number of ether oxygens (including phenoxy) is 1. The summed E-state index contributed by atoms with van der Waals surface area (Å²) in [5.41, 5.74) is 8.06.